The van der Waals surface area contributed by atoms with Gasteiger partial charge in [-0.3, -0.25) is 0 Å². The number of halogens is 1. The van der Waals surface area contributed by atoms with Gasteiger partial charge >= 0.3 is 0 Å². The van der Waals surface area contributed by atoms with Crippen molar-refractivity contribution in [3.8, 4) is 5.75 Å². The molecule has 0 spiro atoms. The molecule has 0 aromatic heterocycles. The molecule has 5 heteroatoms. The average Bonchev–Trinajstić information content (AvgIpc) is 2.69. The zero-order valence-electron chi connectivity index (χ0n) is 11.5. The minimum absolute atomic E-state index is 0.105. The Morgan fingerprint density at radius 2 is 2.26 bits per heavy atom. The first-order valence-electron chi connectivity index (χ1n) is 6.35. The highest BCUT2D eigenvalue weighted by molar-refractivity contribution is 9.10. The molecule has 1 aromatic carbocycles. The molecule has 0 amide bonds. The van der Waals surface area contributed by atoms with Gasteiger partial charge in [-0.15, -0.1) is 0 Å². The molecule has 0 saturated carbocycles. The van der Waals surface area contributed by atoms with Crippen LogP contribution >= 0.6 is 15.9 Å². The highest BCUT2D eigenvalue weighted by Gasteiger charge is 2.32. The molecule has 106 valence electrons. The lowest BCUT2D eigenvalue weighted by Gasteiger charge is -2.17. The highest BCUT2D eigenvalue weighted by atomic mass is 79.9. The van der Waals surface area contributed by atoms with Gasteiger partial charge in [-0.05, 0) is 32.0 Å². The quantitative estimate of drug-likeness (QED) is 0.901. The molecule has 19 heavy (non-hydrogen) atoms. The van der Waals surface area contributed by atoms with E-state index in [2.05, 4.69) is 27.3 Å². The number of nitrogens with one attached hydrogen (secondary N) is 1. The summed E-state index contributed by atoms with van der Waals surface area (Å²) in [6.45, 7) is 6.01. The molecule has 1 saturated heterocycles. The first kappa shape index (κ1) is 14.8. The molecule has 1 aliphatic rings. The Kier molecular flexibility index (Phi) is 4.84. The molecule has 1 fully saturated rings. The maximum Gasteiger partial charge on any atom is 0.163 e. The van der Waals surface area contributed by atoms with Crippen LogP contribution in [0.3, 0.4) is 0 Å². The maximum atomic E-state index is 5.74. The van der Waals surface area contributed by atoms with Crippen LogP contribution in [0.1, 0.15) is 19.4 Å². The van der Waals surface area contributed by atoms with Crippen molar-refractivity contribution < 1.29 is 14.2 Å². The van der Waals surface area contributed by atoms with Crippen LogP contribution in [0.25, 0.3) is 0 Å². The molecule has 1 aromatic rings. The standard InChI is InChI=1S/C14H20BrNO3/c1-14(2)18-9-12(19-14)8-16-7-10-6-11(15)4-5-13(10)17-3/h4-6,12,16H,7-9H2,1-3H3. The Hall–Kier alpha value is -0.620. The summed E-state index contributed by atoms with van der Waals surface area (Å²) >= 11 is 3.47. The van der Waals surface area contributed by atoms with Crippen molar-refractivity contribution in [1.82, 2.24) is 5.32 Å². The van der Waals surface area contributed by atoms with Gasteiger partial charge in [-0.2, -0.15) is 0 Å². The molecule has 0 bridgehead atoms. The fraction of sp³-hybridized carbons (Fsp3) is 0.571. The summed E-state index contributed by atoms with van der Waals surface area (Å²) in [5.41, 5.74) is 1.12. The Morgan fingerprint density at radius 3 is 2.89 bits per heavy atom. The highest BCUT2D eigenvalue weighted by Crippen LogP contribution is 2.24. The third-order valence-corrected chi connectivity index (χ3v) is 3.49. The van der Waals surface area contributed by atoms with Crippen molar-refractivity contribution >= 4 is 15.9 Å². The van der Waals surface area contributed by atoms with Crippen LogP contribution < -0.4 is 10.1 Å². The molecule has 1 N–H and O–H groups in total. The molecular formula is C14H20BrNO3. The Bertz CT molecular complexity index is 437. The van der Waals surface area contributed by atoms with Crippen molar-refractivity contribution in [2.45, 2.75) is 32.3 Å². The lowest BCUT2D eigenvalue weighted by molar-refractivity contribution is -0.137. The summed E-state index contributed by atoms with van der Waals surface area (Å²) in [4.78, 5) is 0. The molecule has 1 unspecified atom stereocenters. The first-order chi connectivity index (χ1) is 9.00. The van der Waals surface area contributed by atoms with Crippen molar-refractivity contribution in [1.29, 1.82) is 0 Å². The van der Waals surface area contributed by atoms with Gasteiger partial charge in [-0.1, -0.05) is 15.9 Å². The van der Waals surface area contributed by atoms with E-state index in [4.69, 9.17) is 14.2 Å². The summed E-state index contributed by atoms with van der Waals surface area (Å²) in [6, 6.07) is 5.99. The second-order valence-corrected chi connectivity index (χ2v) is 5.95. The fourth-order valence-corrected chi connectivity index (χ4v) is 2.53. The van der Waals surface area contributed by atoms with Crippen LogP contribution in [0.15, 0.2) is 22.7 Å². The van der Waals surface area contributed by atoms with E-state index >= 15 is 0 Å². The summed E-state index contributed by atoms with van der Waals surface area (Å²) in [5, 5.41) is 3.38. The van der Waals surface area contributed by atoms with Crippen LogP contribution in [-0.2, 0) is 16.0 Å². The summed E-state index contributed by atoms with van der Waals surface area (Å²) in [6.07, 6.45) is 0.105. The van der Waals surface area contributed by atoms with Crippen molar-refractivity contribution in [2.24, 2.45) is 0 Å². The number of hydrogen-bond donors (Lipinski definition) is 1. The van der Waals surface area contributed by atoms with E-state index in [0.29, 0.717) is 6.61 Å². The third kappa shape index (κ3) is 4.18. The second-order valence-electron chi connectivity index (χ2n) is 5.04. The Morgan fingerprint density at radius 1 is 1.47 bits per heavy atom. The first-order valence-corrected chi connectivity index (χ1v) is 7.14. The maximum absolute atomic E-state index is 5.74. The Balaban J connectivity index is 1.84. The number of hydrogen-bond acceptors (Lipinski definition) is 4. The van der Waals surface area contributed by atoms with E-state index in [0.717, 1.165) is 28.9 Å². The van der Waals surface area contributed by atoms with Gasteiger partial charge in [0.15, 0.2) is 5.79 Å². The van der Waals surface area contributed by atoms with E-state index in [1.807, 2.05) is 26.0 Å². The van der Waals surface area contributed by atoms with Crippen LogP contribution in [0.2, 0.25) is 0 Å². The molecule has 0 aliphatic carbocycles. The van der Waals surface area contributed by atoms with Crippen molar-refractivity contribution in [3.05, 3.63) is 28.2 Å². The number of ether oxygens (including phenoxy) is 3. The van der Waals surface area contributed by atoms with E-state index in [1.54, 1.807) is 7.11 Å². The van der Waals surface area contributed by atoms with E-state index in [9.17, 15) is 0 Å². The van der Waals surface area contributed by atoms with Crippen LogP contribution in [0, 0.1) is 0 Å². The normalized spacial score (nSPS) is 21.6. The predicted octanol–water partition coefficient (Wildman–Crippen LogP) is 2.70. The predicted molar refractivity (Wildman–Crippen MR) is 77.3 cm³/mol. The topological polar surface area (TPSA) is 39.7 Å². The largest absolute Gasteiger partial charge is 0.496 e. The minimum atomic E-state index is -0.459. The molecule has 1 heterocycles. The number of benzene rings is 1. The van der Waals surface area contributed by atoms with Gasteiger partial charge in [0, 0.05) is 23.1 Å². The second kappa shape index (κ2) is 6.22. The minimum Gasteiger partial charge on any atom is -0.496 e. The van der Waals surface area contributed by atoms with Gasteiger partial charge in [0.1, 0.15) is 5.75 Å². The smallest absolute Gasteiger partial charge is 0.163 e. The van der Waals surface area contributed by atoms with Crippen molar-refractivity contribution in [3.63, 3.8) is 0 Å². The average molecular weight is 330 g/mol. The van der Waals surface area contributed by atoms with E-state index in [-0.39, 0.29) is 6.10 Å². The van der Waals surface area contributed by atoms with Gasteiger partial charge in [0.2, 0.25) is 0 Å². The van der Waals surface area contributed by atoms with Gasteiger partial charge in [0.25, 0.3) is 0 Å². The van der Waals surface area contributed by atoms with Gasteiger partial charge in [-0.25, -0.2) is 0 Å². The summed E-state index contributed by atoms with van der Waals surface area (Å²) in [5.74, 6) is 0.430. The molecule has 1 aliphatic heterocycles. The SMILES string of the molecule is COc1ccc(Br)cc1CNCC1COC(C)(C)O1. The molecule has 4 nitrogen and oxygen atoms in total. The van der Waals surface area contributed by atoms with Crippen LogP contribution in [0.4, 0.5) is 0 Å². The summed E-state index contributed by atoms with van der Waals surface area (Å²) in [7, 11) is 1.68. The molecule has 2 rings (SSSR count). The number of rotatable bonds is 5. The molecule has 0 radical (unpaired) electrons. The van der Waals surface area contributed by atoms with Crippen LogP contribution in [-0.4, -0.2) is 32.2 Å². The van der Waals surface area contributed by atoms with E-state index in [1.165, 1.54) is 0 Å². The van der Waals surface area contributed by atoms with Gasteiger partial charge in [0.05, 0.1) is 19.8 Å². The lowest BCUT2D eigenvalue weighted by atomic mass is 10.2. The van der Waals surface area contributed by atoms with Gasteiger partial charge < -0.3 is 19.5 Å². The zero-order valence-corrected chi connectivity index (χ0v) is 13.1. The fourth-order valence-electron chi connectivity index (χ4n) is 2.12. The molecule has 1 atom stereocenters. The lowest BCUT2D eigenvalue weighted by Crippen LogP contribution is -2.30. The van der Waals surface area contributed by atoms with E-state index < -0.39 is 5.79 Å². The number of methoxy groups -OCH3 is 1. The van der Waals surface area contributed by atoms with Crippen LogP contribution in [0.5, 0.6) is 5.75 Å². The summed E-state index contributed by atoms with van der Waals surface area (Å²) < 4.78 is 17.7. The zero-order chi connectivity index (χ0) is 13.9. The molecular weight excluding hydrogens is 310 g/mol. The monoisotopic (exact) mass is 329 g/mol. The third-order valence-electron chi connectivity index (χ3n) is 3.00. The van der Waals surface area contributed by atoms with Crippen molar-refractivity contribution in [2.75, 3.05) is 20.3 Å². The Labute approximate surface area is 122 Å².